The summed E-state index contributed by atoms with van der Waals surface area (Å²) in [5, 5.41) is 3.62. The number of sulfonamides is 1. The van der Waals surface area contributed by atoms with Crippen LogP contribution in [0.25, 0.3) is 11.0 Å². The molecule has 9 heteroatoms. The Labute approximate surface area is 187 Å². The minimum atomic E-state index is -3.63. The van der Waals surface area contributed by atoms with Gasteiger partial charge in [0.15, 0.2) is 0 Å². The largest absolute Gasteiger partial charge is 0.497 e. The number of hydrogen-bond acceptors (Lipinski definition) is 6. The molecule has 32 heavy (non-hydrogen) atoms. The minimum Gasteiger partial charge on any atom is -0.497 e. The zero-order valence-electron chi connectivity index (χ0n) is 18.2. The Morgan fingerprint density at radius 1 is 1.12 bits per heavy atom. The van der Waals surface area contributed by atoms with Crippen molar-refractivity contribution in [3.8, 4) is 5.75 Å². The SMILES string of the molecule is COc1ccc2occ(CC(=O)Nc3ccc(S(=O)(=O)N4CC(C)OC(C)C4)cc3)c2c1. The second-order valence-electron chi connectivity index (χ2n) is 7.95. The number of furan rings is 1. The third-order valence-corrected chi connectivity index (χ3v) is 7.22. The Bertz CT molecular complexity index is 1210. The lowest BCUT2D eigenvalue weighted by atomic mass is 10.1. The molecule has 2 atom stereocenters. The van der Waals surface area contributed by atoms with Gasteiger partial charge < -0.3 is 19.2 Å². The maximum absolute atomic E-state index is 13.0. The van der Waals surface area contributed by atoms with E-state index in [1.54, 1.807) is 37.6 Å². The molecule has 1 aliphatic heterocycles. The Hall–Kier alpha value is -2.88. The third-order valence-electron chi connectivity index (χ3n) is 5.37. The average molecular weight is 459 g/mol. The maximum atomic E-state index is 13.0. The Balaban J connectivity index is 1.44. The van der Waals surface area contributed by atoms with Crippen molar-refractivity contribution in [3.05, 3.63) is 54.3 Å². The molecule has 1 aliphatic rings. The molecule has 2 aromatic carbocycles. The molecule has 1 N–H and O–H groups in total. The predicted molar refractivity (Wildman–Crippen MR) is 120 cm³/mol. The van der Waals surface area contributed by atoms with Gasteiger partial charge in [0, 0.05) is 29.7 Å². The number of carbonyl (C=O) groups excluding carboxylic acids is 1. The van der Waals surface area contributed by atoms with Gasteiger partial charge in [0.25, 0.3) is 0 Å². The normalized spacial score (nSPS) is 19.7. The Morgan fingerprint density at radius 2 is 1.81 bits per heavy atom. The summed E-state index contributed by atoms with van der Waals surface area (Å²) >= 11 is 0. The quantitative estimate of drug-likeness (QED) is 0.608. The van der Waals surface area contributed by atoms with Crippen LogP contribution < -0.4 is 10.1 Å². The van der Waals surface area contributed by atoms with Crippen molar-refractivity contribution in [1.82, 2.24) is 4.31 Å². The molecule has 1 aromatic heterocycles. The molecule has 0 spiro atoms. The molecule has 0 saturated carbocycles. The molecule has 2 heterocycles. The fourth-order valence-electron chi connectivity index (χ4n) is 3.89. The van der Waals surface area contributed by atoms with E-state index >= 15 is 0 Å². The summed E-state index contributed by atoms with van der Waals surface area (Å²) in [4.78, 5) is 12.7. The van der Waals surface area contributed by atoms with Gasteiger partial charge in [-0.15, -0.1) is 0 Å². The fourth-order valence-corrected chi connectivity index (χ4v) is 5.48. The summed E-state index contributed by atoms with van der Waals surface area (Å²) in [5.74, 6) is 0.448. The number of methoxy groups -OCH3 is 1. The highest BCUT2D eigenvalue weighted by atomic mass is 32.2. The number of nitrogens with zero attached hydrogens (tertiary/aromatic N) is 1. The molecular formula is C23H26N2O6S. The van der Waals surface area contributed by atoms with Gasteiger partial charge >= 0.3 is 0 Å². The summed E-state index contributed by atoms with van der Waals surface area (Å²) in [6.07, 6.45) is 1.35. The minimum absolute atomic E-state index is 0.115. The number of fused-ring (bicyclic) bond motifs is 1. The zero-order valence-corrected chi connectivity index (χ0v) is 19.0. The zero-order chi connectivity index (χ0) is 22.9. The van der Waals surface area contributed by atoms with Crippen LogP contribution in [0.4, 0.5) is 5.69 Å². The van der Waals surface area contributed by atoms with Gasteiger partial charge in [0.2, 0.25) is 15.9 Å². The van der Waals surface area contributed by atoms with Crippen LogP contribution >= 0.6 is 0 Å². The highest BCUT2D eigenvalue weighted by Gasteiger charge is 2.32. The first-order valence-electron chi connectivity index (χ1n) is 10.4. The third kappa shape index (κ3) is 4.64. The first-order chi connectivity index (χ1) is 15.3. The summed E-state index contributed by atoms with van der Waals surface area (Å²) in [6, 6.07) is 11.6. The molecule has 0 bridgehead atoms. The molecule has 4 rings (SSSR count). The van der Waals surface area contributed by atoms with Crippen molar-refractivity contribution in [1.29, 1.82) is 0 Å². The summed E-state index contributed by atoms with van der Waals surface area (Å²) < 4.78 is 43.7. The molecule has 1 fully saturated rings. The van der Waals surface area contributed by atoms with Crippen LogP contribution in [-0.2, 0) is 26.0 Å². The first kappa shape index (κ1) is 22.3. The van der Waals surface area contributed by atoms with Gasteiger partial charge in [-0.2, -0.15) is 4.31 Å². The highest BCUT2D eigenvalue weighted by molar-refractivity contribution is 7.89. The van der Waals surface area contributed by atoms with Crippen LogP contribution in [0.15, 0.2) is 58.0 Å². The van der Waals surface area contributed by atoms with Crippen molar-refractivity contribution in [2.75, 3.05) is 25.5 Å². The second kappa shape index (κ2) is 8.93. The fraction of sp³-hybridized carbons (Fsp3) is 0.348. The van der Waals surface area contributed by atoms with Crippen molar-refractivity contribution in [2.45, 2.75) is 37.4 Å². The van der Waals surface area contributed by atoms with Gasteiger partial charge in [-0.3, -0.25) is 4.79 Å². The molecule has 1 amide bonds. The van der Waals surface area contributed by atoms with Crippen molar-refractivity contribution >= 4 is 32.6 Å². The van der Waals surface area contributed by atoms with Gasteiger partial charge in [-0.1, -0.05) is 0 Å². The Morgan fingerprint density at radius 3 is 2.47 bits per heavy atom. The topological polar surface area (TPSA) is 98.1 Å². The Kier molecular flexibility index (Phi) is 6.23. The molecule has 1 saturated heterocycles. The number of hydrogen-bond donors (Lipinski definition) is 1. The summed E-state index contributed by atoms with van der Waals surface area (Å²) in [6.45, 7) is 4.34. The number of benzene rings is 2. The van der Waals surface area contributed by atoms with Crippen LogP contribution in [0.1, 0.15) is 19.4 Å². The molecule has 8 nitrogen and oxygen atoms in total. The lowest BCUT2D eigenvalue weighted by Gasteiger charge is -2.34. The lowest BCUT2D eigenvalue weighted by Crippen LogP contribution is -2.48. The molecular weight excluding hydrogens is 432 g/mol. The van der Waals surface area contributed by atoms with Crippen LogP contribution in [-0.4, -0.2) is 51.0 Å². The average Bonchev–Trinajstić information content (AvgIpc) is 3.15. The van der Waals surface area contributed by atoms with Crippen LogP contribution in [0.2, 0.25) is 0 Å². The predicted octanol–water partition coefficient (Wildman–Crippen LogP) is 3.42. The monoisotopic (exact) mass is 458 g/mol. The number of nitrogens with one attached hydrogen (secondary N) is 1. The molecule has 3 aromatic rings. The molecule has 0 radical (unpaired) electrons. The first-order valence-corrected chi connectivity index (χ1v) is 11.8. The van der Waals surface area contributed by atoms with Gasteiger partial charge in [-0.05, 0) is 56.3 Å². The number of anilines is 1. The van der Waals surface area contributed by atoms with E-state index in [-0.39, 0.29) is 29.4 Å². The number of amides is 1. The van der Waals surface area contributed by atoms with E-state index in [1.165, 1.54) is 16.4 Å². The van der Waals surface area contributed by atoms with Crippen LogP contribution in [0.3, 0.4) is 0 Å². The lowest BCUT2D eigenvalue weighted by molar-refractivity contribution is -0.115. The van der Waals surface area contributed by atoms with E-state index in [0.717, 1.165) is 10.9 Å². The van der Waals surface area contributed by atoms with E-state index in [4.69, 9.17) is 13.9 Å². The molecule has 0 aliphatic carbocycles. The van der Waals surface area contributed by atoms with Crippen LogP contribution in [0, 0.1) is 0 Å². The molecule has 170 valence electrons. The van der Waals surface area contributed by atoms with Gasteiger partial charge in [0.05, 0.1) is 36.9 Å². The summed E-state index contributed by atoms with van der Waals surface area (Å²) in [7, 11) is -2.05. The number of carbonyl (C=O) groups is 1. The van der Waals surface area contributed by atoms with E-state index < -0.39 is 10.0 Å². The smallest absolute Gasteiger partial charge is 0.243 e. The van der Waals surface area contributed by atoms with E-state index in [9.17, 15) is 13.2 Å². The van der Waals surface area contributed by atoms with E-state index in [1.807, 2.05) is 19.9 Å². The van der Waals surface area contributed by atoms with Gasteiger partial charge in [-0.25, -0.2) is 8.42 Å². The number of rotatable bonds is 6. The summed E-state index contributed by atoms with van der Waals surface area (Å²) in [5.41, 5.74) is 1.93. The van der Waals surface area contributed by atoms with E-state index in [2.05, 4.69) is 5.32 Å². The van der Waals surface area contributed by atoms with Crippen molar-refractivity contribution < 1.29 is 27.1 Å². The standard InChI is InChI=1S/C23H26N2O6S/c1-15-12-25(13-16(2)31-15)32(27,28)20-7-4-18(5-8-20)24-23(26)10-17-14-30-22-9-6-19(29-3)11-21(17)22/h4-9,11,14-16H,10,12-13H2,1-3H3,(H,24,26). The maximum Gasteiger partial charge on any atom is 0.243 e. The van der Waals surface area contributed by atoms with Crippen molar-refractivity contribution in [2.24, 2.45) is 0 Å². The molecule has 2 unspecified atom stereocenters. The van der Waals surface area contributed by atoms with Crippen molar-refractivity contribution in [3.63, 3.8) is 0 Å². The second-order valence-corrected chi connectivity index (χ2v) is 9.89. The van der Waals surface area contributed by atoms with E-state index in [0.29, 0.717) is 30.1 Å². The van der Waals surface area contributed by atoms with Gasteiger partial charge in [0.1, 0.15) is 11.3 Å². The highest BCUT2D eigenvalue weighted by Crippen LogP contribution is 2.27. The number of ether oxygens (including phenoxy) is 2. The number of morpholine rings is 1. The van der Waals surface area contributed by atoms with Crippen LogP contribution in [0.5, 0.6) is 5.75 Å².